The van der Waals surface area contributed by atoms with E-state index in [1.807, 2.05) is 19.9 Å². The lowest BCUT2D eigenvalue weighted by molar-refractivity contribution is -0.121. The number of fused-ring (bicyclic) bond motifs is 1. The number of nitrogen functional groups attached to an aromatic ring is 1. The predicted octanol–water partition coefficient (Wildman–Crippen LogP) is 2.27. The Balaban J connectivity index is 1.95. The molecule has 0 saturated carbocycles. The minimum atomic E-state index is -0.0622. The Morgan fingerprint density at radius 2 is 2.25 bits per heavy atom. The lowest BCUT2D eigenvalue weighted by Gasteiger charge is -2.28. The van der Waals surface area contributed by atoms with E-state index in [-0.39, 0.29) is 12.5 Å². The number of benzene rings is 1. The Morgan fingerprint density at radius 1 is 1.45 bits per heavy atom. The first-order chi connectivity index (χ1) is 9.54. The third-order valence-corrected chi connectivity index (χ3v) is 4.35. The zero-order valence-corrected chi connectivity index (χ0v) is 12.2. The number of carbonyl (C=O) groups is 1. The molecule has 1 aliphatic heterocycles. The number of aryl methyl sites for hydroxylation is 2. The second-order valence-electron chi connectivity index (χ2n) is 4.74. The summed E-state index contributed by atoms with van der Waals surface area (Å²) in [6.45, 7) is 4.52. The number of anilines is 2. The Kier molecular flexibility index (Phi) is 3.10. The molecule has 0 atom stereocenters. The van der Waals surface area contributed by atoms with Crippen LogP contribution in [0.1, 0.15) is 15.6 Å². The van der Waals surface area contributed by atoms with Gasteiger partial charge in [0.1, 0.15) is 10.8 Å². The van der Waals surface area contributed by atoms with Crippen molar-refractivity contribution in [1.82, 2.24) is 4.98 Å². The molecular formula is C14H15N3O2S. The monoisotopic (exact) mass is 289 g/mol. The van der Waals surface area contributed by atoms with Crippen LogP contribution in [-0.4, -0.2) is 17.5 Å². The van der Waals surface area contributed by atoms with Crippen molar-refractivity contribution in [2.24, 2.45) is 0 Å². The summed E-state index contributed by atoms with van der Waals surface area (Å²) >= 11 is 1.62. The van der Waals surface area contributed by atoms with Crippen molar-refractivity contribution in [3.8, 4) is 5.75 Å². The van der Waals surface area contributed by atoms with Crippen molar-refractivity contribution in [2.45, 2.75) is 20.4 Å². The van der Waals surface area contributed by atoms with E-state index in [1.54, 1.807) is 28.4 Å². The number of amides is 1. The van der Waals surface area contributed by atoms with Gasteiger partial charge in [-0.15, -0.1) is 11.3 Å². The molecule has 0 unspecified atom stereocenters. The fourth-order valence-electron chi connectivity index (χ4n) is 2.14. The average Bonchev–Trinajstić information content (AvgIpc) is 2.72. The summed E-state index contributed by atoms with van der Waals surface area (Å²) in [5.41, 5.74) is 8.14. The number of carbonyl (C=O) groups excluding carboxylic acids is 1. The molecule has 1 aliphatic rings. The number of nitrogens with two attached hydrogens (primary N) is 1. The summed E-state index contributed by atoms with van der Waals surface area (Å²) in [5.74, 6) is 0.586. The van der Waals surface area contributed by atoms with Gasteiger partial charge in [0.05, 0.1) is 17.9 Å². The van der Waals surface area contributed by atoms with Crippen LogP contribution < -0.4 is 15.4 Å². The molecule has 20 heavy (non-hydrogen) atoms. The summed E-state index contributed by atoms with van der Waals surface area (Å²) in [5, 5.41) is 0.929. The van der Waals surface area contributed by atoms with Crippen molar-refractivity contribution >= 4 is 28.6 Å². The second kappa shape index (κ2) is 4.79. The van der Waals surface area contributed by atoms with Crippen LogP contribution >= 0.6 is 11.3 Å². The van der Waals surface area contributed by atoms with Gasteiger partial charge in [0.25, 0.3) is 5.91 Å². The number of rotatable bonds is 2. The van der Waals surface area contributed by atoms with Gasteiger partial charge in [-0.3, -0.25) is 9.69 Å². The average molecular weight is 289 g/mol. The van der Waals surface area contributed by atoms with Gasteiger partial charge in [-0.1, -0.05) is 0 Å². The number of nitrogens with zero attached hydrogens (tertiary/aromatic N) is 2. The summed E-state index contributed by atoms with van der Waals surface area (Å²) in [4.78, 5) is 19.5. The minimum Gasteiger partial charge on any atom is -0.481 e. The normalized spacial score (nSPS) is 14.1. The minimum absolute atomic E-state index is 0.0415. The van der Waals surface area contributed by atoms with Crippen molar-refractivity contribution < 1.29 is 9.53 Å². The second-order valence-corrected chi connectivity index (χ2v) is 6.03. The van der Waals surface area contributed by atoms with Crippen LogP contribution in [0.4, 0.5) is 11.4 Å². The smallest absolute Gasteiger partial charge is 0.265 e. The molecule has 3 rings (SSSR count). The third kappa shape index (κ3) is 2.22. The SMILES string of the molecule is Cc1nc(CN2C(=O)COc3cc(N)ccc32)sc1C. The van der Waals surface area contributed by atoms with E-state index in [1.165, 1.54) is 4.88 Å². The van der Waals surface area contributed by atoms with E-state index in [2.05, 4.69) is 4.98 Å². The quantitative estimate of drug-likeness (QED) is 0.861. The molecule has 6 heteroatoms. The molecule has 1 amide bonds. The molecule has 0 bridgehead atoms. The Morgan fingerprint density at radius 3 is 2.95 bits per heavy atom. The molecule has 104 valence electrons. The van der Waals surface area contributed by atoms with Crippen LogP contribution in [0.3, 0.4) is 0 Å². The molecule has 2 aromatic rings. The fourth-order valence-corrected chi connectivity index (χ4v) is 3.06. The number of hydrogen-bond acceptors (Lipinski definition) is 5. The van der Waals surface area contributed by atoms with Gasteiger partial charge in [0.2, 0.25) is 0 Å². The zero-order valence-electron chi connectivity index (χ0n) is 11.3. The molecule has 0 fully saturated rings. The van der Waals surface area contributed by atoms with Gasteiger partial charge in [0, 0.05) is 16.6 Å². The van der Waals surface area contributed by atoms with Crippen LogP contribution in [0, 0.1) is 13.8 Å². The van der Waals surface area contributed by atoms with E-state index in [0.717, 1.165) is 16.4 Å². The first-order valence-corrected chi connectivity index (χ1v) is 7.12. The highest BCUT2D eigenvalue weighted by Crippen LogP contribution is 2.35. The number of aromatic nitrogens is 1. The summed E-state index contributed by atoms with van der Waals surface area (Å²) in [6.07, 6.45) is 0. The van der Waals surface area contributed by atoms with Gasteiger partial charge in [-0.25, -0.2) is 4.98 Å². The van der Waals surface area contributed by atoms with Crippen LogP contribution in [0.25, 0.3) is 0 Å². The highest BCUT2D eigenvalue weighted by Gasteiger charge is 2.26. The summed E-state index contributed by atoms with van der Waals surface area (Å²) < 4.78 is 5.43. The zero-order chi connectivity index (χ0) is 14.3. The van der Waals surface area contributed by atoms with Crippen LogP contribution in [0.2, 0.25) is 0 Å². The van der Waals surface area contributed by atoms with Crippen LogP contribution in [0.15, 0.2) is 18.2 Å². The van der Waals surface area contributed by atoms with Crippen molar-refractivity contribution in [3.63, 3.8) is 0 Å². The maximum absolute atomic E-state index is 12.1. The molecule has 2 heterocycles. The third-order valence-electron chi connectivity index (χ3n) is 3.29. The standard InChI is InChI=1S/C14H15N3O2S/c1-8-9(2)20-13(16-8)6-17-11-4-3-10(15)5-12(11)19-7-14(17)18/h3-5H,6-7,15H2,1-2H3. The van der Waals surface area contributed by atoms with E-state index in [9.17, 15) is 4.79 Å². The Bertz CT molecular complexity index is 662. The van der Waals surface area contributed by atoms with Gasteiger partial charge < -0.3 is 10.5 Å². The lowest BCUT2D eigenvalue weighted by Crippen LogP contribution is -2.38. The van der Waals surface area contributed by atoms with Crippen LogP contribution in [0.5, 0.6) is 5.75 Å². The Hall–Kier alpha value is -2.08. The number of ether oxygens (including phenoxy) is 1. The van der Waals surface area contributed by atoms with Crippen molar-refractivity contribution in [1.29, 1.82) is 0 Å². The lowest BCUT2D eigenvalue weighted by atomic mass is 10.2. The van der Waals surface area contributed by atoms with Gasteiger partial charge in [0.15, 0.2) is 6.61 Å². The number of hydrogen-bond donors (Lipinski definition) is 1. The first-order valence-electron chi connectivity index (χ1n) is 6.30. The first kappa shape index (κ1) is 12.9. The molecule has 1 aromatic carbocycles. The summed E-state index contributed by atoms with van der Waals surface area (Å²) in [6, 6.07) is 5.33. The fraction of sp³-hybridized carbons (Fsp3) is 0.286. The summed E-state index contributed by atoms with van der Waals surface area (Å²) in [7, 11) is 0. The highest BCUT2D eigenvalue weighted by molar-refractivity contribution is 7.11. The molecule has 0 radical (unpaired) electrons. The maximum atomic E-state index is 12.1. The van der Waals surface area contributed by atoms with Gasteiger partial charge in [-0.05, 0) is 26.0 Å². The molecule has 5 nitrogen and oxygen atoms in total. The largest absolute Gasteiger partial charge is 0.481 e. The van der Waals surface area contributed by atoms with E-state index >= 15 is 0 Å². The highest BCUT2D eigenvalue weighted by atomic mass is 32.1. The van der Waals surface area contributed by atoms with Gasteiger partial charge >= 0.3 is 0 Å². The van der Waals surface area contributed by atoms with Crippen LogP contribution in [-0.2, 0) is 11.3 Å². The molecule has 0 aliphatic carbocycles. The maximum Gasteiger partial charge on any atom is 0.265 e. The topological polar surface area (TPSA) is 68.5 Å². The predicted molar refractivity (Wildman–Crippen MR) is 79.1 cm³/mol. The number of thiazole rings is 1. The van der Waals surface area contributed by atoms with Crippen molar-refractivity contribution in [3.05, 3.63) is 33.8 Å². The van der Waals surface area contributed by atoms with E-state index < -0.39 is 0 Å². The van der Waals surface area contributed by atoms with Gasteiger partial charge in [-0.2, -0.15) is 0 Å². The van der Waals surface area contributed by atoms with E-state index in [0.29, 0.717) is 18.0 Å². The van der Waals surface area contributed by atoms with E-state index in [4.69, 9.17) is 10.5 Å². The van der Waals surface area contributed by atoms with Crippen molar-refractivity contribution in [2.75, 3.05) is 17.2 Å². The molecule has 0 saturated heterocycles. The Labute approximate surface area is 121 Å². The molecule has 2 N–H and O–H groups in total. The molecule has 0 spiro atoms. The molecular weight excluding hydrogens is 274 g/mol. The molecule has 1 aromatic heterocycles.